The molecule has 0 spiro atoms. The van der Waals surface area contributed by atoms with Crippen molar-refractivity contribution >= 4 is 11.6 Å². The van der Waals surface area contributed by atoms with Crippen molar-refractivity contribution in [2.24, 2.45) is 0 Å². The van der Waals surface area contributed by atoms with Crippen molar-refractivity contribution in [2.45, 2.75) is 38.9 Å². The second-order valence-corrected chi connectivity index (χ2v) is 4.11. The van der Waals surface area contributed by atoms with Gasteiger partial charge in [-0.15, -0.1) is 11.6 Å². The molecule has 78 valence electrons. The first kappa shape index (κ1) is 11.3. The Morgan fingerprint density at radius 2 is 2.23 bits per heavy atom. The SMILES string of the molecule is CCN(CCCl)CC1CCC(C)O1. The molecule has 1 aliphatic heterocycles. The van der Waals surface area contributed by atoms with E-state index in [0.717, 1.165) is 25.5 Å². The summed E-state index contributed by atoms with van der Waals surface area (Å²) in [4.78, 5) is 2.36. The Bertz CT molecular complexity index is 141. The predicted molar refractivity (Wildman–Crippen MR) is 56.4 cm³/mol. The van der Waals surface area contributed by atoms with Crippen molar-refractivity contribution in [1.29, 1.82) is 0 Å². The summed E-state index contributed by atoms with van der Waals surface area (Å²) in [5, 5.41) is 0. The summed E-state index contributed by atoms with van der Waals surface area (Å²) in [5.41, 5.74) is 0. The number of nitrogens with zero attached hydrogens (tertiary/aromatic N) is 1. The van der Waals surface area contributed by atoms with Crippen LogP contribution in [0.4, 0.5) is 0 Å². The third-order valence-corrected chi connectivity index (χ3v) is 2.80. The largest absolute Gasteiger partial charge is 0.374 e. The van der Waals surface area contributed by atoms with Crippen LogP contribution in [0, 0.1) is 0 Å². The third-order valence-electron chi connectivity index (χ3n) is 2.63. The fraction of sp³-hybridized carbons (Fsp3) is 1.00. The van der Waals surface area contributed by atoms with Crippen LogP contribution in [0.5, 0.6) is 0 Å². The highest BCUT2D eigenvalue weighted by atomic mass is 35.5. The molecular weight excluding hydrogens is 186 g/mol. The summed E-state index contributed by atoms with van der Waals surface area (Å²) in [6.45, 7) is 7.42. The third kappa shape index (κ3) is 3.84. The molecule has 0 aromatic carbocycles. The molecule has 1 rings (SSSR count). The summed E-state index contributed by atoms with van der Waals surface area (Å²) in [6, 6.07) is 0. The highest BCUT2D eigenvalue weighted by Crippen LogP contribution is 2.19. The maximum atomic E-state index is 5.76. The number of likely N-dealkylation sites (N-methyl/N-ethyl adjacent to an activating group) is 1. The summed E-state index contributed by atoms with van der Waals surface area (Å²) in [6.07, 6.45) is 3.32. The minimum absolute atomic E-state index is 0.443. The average Bonchev–Trinajstić information content (AvgIpc) is 2.50. The van der Waals surface area contributed by atoms with Crippen LogP contribution >= 0.6 is 11.6 Å². The fourth-order valence-electron chi connectivity index (χ4n) is 1.81. The van der Waals surface area contributed by atoms with Gasteiger partial charge in [0.1, 0.15) is 0 Å². The topological polar surface area (TPSA) is 12.5 Å². The van der Waals surface area contributed by atoms with Gasteiger partial charge in [0.2, 0.25) is 0 Å². The number of rotatable bonds is 5. The molecule has 2 atom stereocenters. The van der Waals surface area contributed by atoms with Crippen molar-refractivity contribution in [1.82, 2.24) is 4.90 Å². The summed E-state index contributed by atoms with van der Waals surface area (Å²) in [5.74, 6) is 0.718. The Labute approximate surface area is 86.2 Å². The zero-order valence-corrected chi connectivity index (χ0v) is 9.39. The van der Waals surface area contributed by atoms with E-state index in [1.807, 2.05) is 0 Å². The molecule has 0 aliphatic carbocycles. The standard InChI is InChI=1S/C10H20ClNO/c1-3-12(7-6-11)8-10-5-4-9(2)13-10/h9-10H,3-8H2,1-2H3. The smallest absolute Gasteiger partial charge is 0.0706 e. The quantitative estimate of drug-likeness (QED) is 0.638. The van der Waals surface area contributed by atoms with E-state index in [1.165, 1.54) is 12.8 Å². The Morgan fingerprint density at radius 3 is 2.69 bits per heavy atom. The minimum atomic E-state index is 0.443. The molecule has 0 aromatic heterocycles. The van der Waals surface area contributed by atoms with Crippen molar-refractivity contribution in [3.8, 4) is 0 Å². The van der Waals surface area contributed by atoms with E-state index >= 15 is 0 Å². The van der Waals surface area contributed by atoms with E-state index in [0.29, 0.717) is 12.2 Å². The minimum Gasteiger partial charge on any atom is -0.374 e. The lowest BCUT2D eigenvalue weighted by atomic mass is 10.2. The summed E-state index contributed by atoms with van der Waals surface area (Å²) in [7, 11) is 0. The van der Waals surface area contributed by atoms with E-state index < -0.39 is 0 Å². The molecule has 0 amide bonds. The molecule has 0 radical (unpaired) electrons. The fourth-order valence-corrected chi connectivity index (χ4v) is 2.04. The van der Waals surface area contributed by atoms with Gasteiger partial charge in [-0.3, -0.25) is 4.90 Å². The molecular formula is C10H20ClNO. The molecule has 1 fully saturated rings. The molecule has 2 nitrogen and oxygen atoms in total. The maximum absolute atomic E-state index is 5.76. The van der Waals surface area contributed by atoms with E-state index in [9.17, 15) is 0 Å². The first-order chi connectivity index (χ1) is 6.26. The zero-order chi connectivity index (χ0) is 9.68. The number of halogens is 1. The van der Waals surface area contributed by atoms with Gasteiger partial charge in [-0.2, -0.15) is 0 Å². The molecule has 0 aromatic rings. The van der Waals surface area contributed by atoms with Crippen LogP contribution in [0.15, 0.2) is 0 Å². The van der Waals surface area contributed by atoms with Gasteiger partial charge < -0.3 is 4.74 Å². The van der Waals surface area contributed by atoms with Gasteiger partial charge in [-0.25, -0.2) is 0 Å². The second-order valence-electron chi connectivity index (χ2n) is 3.73. The number of hydrogen-bond donors (Lipinski definition) is 0. The lowest BCUT2D eigenvalue weighted by Gasteiger charge is -2.22. The van der Waals surface area contributed by atoms with Crippen LogP contribution in [0.3, 0.4) is 0 Å². The molecule has 2 unspecified atom stereocenters. The molecule has 1 heterocycles. The number of hydrogen-bond acceptors (Lipinski definition) is 2. The van der Waals surface area contributed by atoms with Crippen LogP contribution in [-0.2, 0) is 4.74 Å². The van der Waals surface area contributed by atoms with Crippen molar-refractivity contribution < 1.29 is 4.74 Å². The molecule has 0 bridgehead atoms. The monoisotopic (exact) mass is 205 g/mol. The molecule has 3 heteroatoms. The van der Waals surface area contributed by atoms with Crippen LogP contribution in [0.2, 0.25) is 0 Å². The normalized spacial score (nSPS) is 28.6. The van der Waals surface area contributed by atoms with Crippen molar-refractivity contribution in [3.63, 3.8) is 0 Å². The van der Waals surface area contributed by atoms with Gasteiger partial charge >= 0.3 is 0 Å². The van der Waals surface area contributed by atoms with E-state index in [4.69, 9.17) is 16.3 Å². The molecule has 1 saturated heterocycles. The maximum Gasteiger partial charge on any atom is 0.0706 e. The lowest BCUT2D eigenvalue weighted by Crippen LogP contribution is -2.33. The average molecular weight is 206 g/mol. The van der Waals surface area contributed by atoms with E-state index in [1.54, 1.807) is 0 Å². The lowest BCUT2D eigenvalue weighted by molar-refractivity contribution is 0.0337. The van der Waals surface area contributed by atoms with Crippen LogP contribution in [0.25, 0.3) is 0 Å². The highest BCUT2D eigenvalue weighted by molar-refractivity contribution is 6.18. The van der Waals surface area contributed by atoms with Gasteiger partial charge in [0.05, 0.1) is 12.2 Å². The number of alkyl halides is 1. The van der Waals surface area contributed by atoms with Gasteiger partial charge in [-0.05, 0) is 26.3 Å². The molecule has 0 saturated carbocycles. The summed E-state index contributed by atoms with van der Waals surface area (Å²) < 4.78 is 5.76. The first-order valence-electron chi connectivity index (χ1n) is 5.20. The number of ether oxygens (including phenoxy) is 1. The van der Waals surface area contributed by atoms with Gasteiger partial charge in [0, 0.05) is 19.0 Å². The zero-order valence-electron chi connectivity index (χ0n) is 8.63. The predicted octanol–water partition coefficient (Wildman–Crippen LogP) is 2.11. The van der Waals surface area contributed by atoms with Crippen LogP contribution in [0.1, 0.15) is 26.7 Å². The first-order valence-corrected chi connectivity index (χ1v) is 5.73. The van der Waals surface area contributed by atoms with E-state index in [-0.39, 0.29) is 0 Å². The van der Waals surface area contributed by atoms with Gasteiger partial charge in [-0.1, -0.05) is 6.92 Å². The van der Waals surface area contributed by atoms with E-state index in [2.05, 4.69) is 18.7 Å². The van der Waals surface area contributed by atoms with Crippen molar-refractivity contribution in [3.05, 3.63) is 0 Å². The molecule has 13 heavy (non-hydrogen) atoms. The second kappa shape index (κ2) is 5.84. The van der Waals surface area contributed by atoms with Gasteiger partial charge in [0.25, 0.3) is 0 Å². The van der Waals surface area contributed by atoms with Crippen LogP contribution < -0.4 is 0 Å². The Balaban J connectivity index is 2.21. The van der Waals surface area contributed by atoms with Crippen molar-refractivity contribution in [2.75, 3.05) is 25.5 Å². The highest BCUT2D eigenvalue weighted by Gasteiger charge is 2.23. The molecule has 0 N–H and O–H groups in total. The van der Waals surface area contributed by atoms with Gasteiger partial charge in [0.15, 0.2) is 0 Å². The Morgan fingerprint density at radius 1 is 1.46 bits per heavy atom. The summed E-state index contributed by atoms with van der Waals surface area (Å²) >= 11 is 5.71. The Hall–Kier alpha value is 0.210. The molecule has 1 aliphatic rings. The Kier molecular flexibility index (Phi) is 5.07. The van der Waals surface area contributed by atoms with Crippen LogP contribution in [-0.4, -0.2) is 42.6 Å².